The van der Waals surface area contributed by atoms with Gasteiger partial charge in [-0.15, -0.1) is 0 Å². The zero-order valence-electron chi connectivity index (χ0n) is 12.2. The molecule has 0 atom stereocenters. The number of para-hydroxylation sites is 2. The number of rotatable bonds is 4. The first-order chi connectivity index (χ1) is 10.6. The van der Waals surface area contributed by atoms with Crippen LogP contribution < -0.4 is 5.32 Å². The van der Waals surface area contributed by atoms with Crippen molar-refractivity contribution in [1.82, 2.24) is 14.9 Å². The van der Waals surface area contributed by atoms with Crippen LogP contribution in [0.5, 0.6) is 0 Å². The van der Waals surface area contributed by atoms with Crippen molar-refractivity contribution in [2.75, 3.05) is 6.54 Å². The summed E-state index contributed by atoms with van der Waals surface area (Å²) in [5, 5.41) is 2.93. The normalized spacial score (nSPS) is 10.8. The van der Waals surface area contributed by atoms with Crippen molar-refractivity contribution < 1.29 is 4.79 Å². The van der Waals surface area contributed by atoms with E-state index in [0.29, 0.717) is 18.5 Å². The van der Waals surface area contributed by atoms with Crippen LogP contribution >= 0.6 is 15.9 Å². The molecule has 0 aliphatic rings. The molecule has 0 aliphatic heterocycles. The van der Waals surface area contributed by atoms with Crippen LogP contribution in [0.4, 0.5) is 0 Å². The van der Waals surface area contributed by atoms with E-state index in [0.717, 1.165) is 21.3 Å². The molecule has 3 aromatic rings. The Morgan fingerprint density at radius 2 is 1.91 bits per heavy atom. The lowest BCUT2D eigenvalue weighted by Gasteiger charge is -2.06. The van der Waals surface area contributed by atoms with Crippen LogP contribution in [0.1, 0.15) is 16.2 Å². The second-order valence-electron chi connectivity index (χ2n) is 5.09. The summed E-state index contributed by atoms with van der Waals surface area (Å²) in [6.45, 7) is 0.562. The molecule has 0 bridgehead atoms. The molecule has 0 fully saturated rings. The van der Waals surface area contributed by atoms with Gasteiger partial charge < -0.3 is 9.88 Å². The molecule has 0 unspecified atom stereocenters. The summed E-state index contributed by atoms with van der Waals surface area (Å²) in [7, 11) is 2.00. The Kier molecular flexibility index (Phi) is 4.24. The van der Waals surface area contributed by atoms with Gasteiger partial charge in [-0.25, -0.2) is 4.98 Å². The number of benzene rings is 2. The number of imidazole rings is 1. The van der Waals surface area contributed by atoms with E-state index in [1.165, 1.54) is 0 Å². The smallest absolute Gasteiger partial charge is 0.251 e. The first-order valence-electron chi connectivity index (χ1n) is 7.09. The summed E-state index contributed by atoms with van der Waals surface area (Å²) in [6, 6.07) is 15.4. The lowest BCUT2D eigenvalue weighted by Crippen LogP contribution is -2.26. The van der Waals surface area contributed by atoms with Gasteiger partial charge in [-0.1, -0.05) is 28.1 Å². The first kappa shape index (κ1) is 14.8. The highest BCUT2D eigenvalue weighted by Crippen LogP contribution is 2.14. The van der Waals surface area contributed by atoms with Crippen molar-refractivity contribution >= 4 is 32.9 Å². The standard InChI is InChI=1S/C17H16BrN3O/c1-21-15-5-3-2-4-14(15)20-16(21)10-11-19-17(22)12-6-8-13(18)9-7-12/h2-9H,10-11H2,1H3,(H,19,22). The van der Waals surface area contributed by atoms with Crippen molar-refractivity contribution in [1.29, 1.82) is 0 Å². The monoisotopic (exact) mass is 357 g/mol. The largest absolute Gasteiger partial charge is 0.352 e. The fraction of sp³-hybridized carbons (Fsp3) is 0.176. The summed E-state index contributed by atoms with van der Waals surface area (Å²) in [5.41, 5.74) is 2.75. The quantitative estimate of drug-likeness (QED) is 0.778. The Morgan fingerprint density at radius 1 is 1.18 bits per heavy atom. The second kappa shape index (κ2) is 6.32. The number of aryl methyl sites for hydroxylation is 1. The highest BCUT2D eigenvalue weighted by Gasteiger charge is 2.08. The molecule has 0 saturated carbocycles. The minimum atomic E-state index is -0.0636. The van der Waals surface area contributed by atoms with E-state index >= 15 is 0 Å². The molecule has 22 heavy (non-hydrogen) atoms. The number of nitrogens with zero attached hydrogens (tertiary/aromatic N) is 2. The van der Waals surface area contributed by atoms with Gasteiger partial charge in [-0.2, -0.15) is 0 Å². The Hall–Kier alpha value is -2.14. The third-order valence-electron chi connectivity index (χ3n) is 3.62. The van der Waals surface area contributed by atoms with E-state index in [2.05, 4.69) is 30.8 Å². The maximum Gasteiger partial charge on any atom is 0.251 e. The predicted octanol–water partition coefficient (Wildman–Crippen LogP) is 3.31. The molecule has 112 valence electrons. The Bertz CT molecular complexity index is 808. The zero-order chi connectivity index (χ0) is 15.5. The van der Waals surface area contributed by atoms with Crippen LogP contribution in [-0.2, 0) is 13.5 Å². The number of carbonyl (C=O) groups is 1. The zero-order valence-corrected chi connectivity index (χ0v) is 13.8. The lowest BCUT2D eigenvalue weighted by molar-refractivity contribution is 0.0954. The molecule has 0 radical (unpaired) electrons. The van der Waals surface area contributed by atoms with Crippen LogP contribution in [-0.4, -0.2) is 22.0 Å². The van der Waals surface area contributed by atoms with Gasteiger partial charge in [-0.3, -0.25) is 4.79 Å². The fourth-order valence-corrected chi connectivity index (χ4v) is 2.67. The topological polar surface area (TPSA) is 46.9 Å². The van der Waals surface area contributed by atoms with E-state index < -0.39 is 0 Å². The number of nitrogens with one attached hydrogen (secondary N) is 1. The molecule has 0 saturated heterocycles. The van der Waals surface area contributed by atoms with Crippen molar-refractivity contribution in [2.45, 2.75) is 6.42 Å². The van der Waals surface area contributed by atoms with E-state index in [4.69, 9.17) is 0 Å². The van der Waals surface area contributed by atoms with Crippen LogP contribution in [0.15, 0.2) is 53.0 Å². The van der Waals surface area contributed by atoms with Gasteiger partial charge in [-0.05, 0) is 36.4 Å². The summed E-state index contributed by atoms with van der Waals surface area (Å²) in [5.74, 6) is 0.906. The molecule has 0 spiro atoms. The maximum absolute atomic E-state index is 12.0. The molecule has 1 heterocycles. The van der Waals surface area contributed by atoms with Gasteiger partial charge in [0.05, 0.1) is 11.0 Å². The van der Waals surface area contributed by atoms with E-state index in [1.807, 2.05) is 43.4 Å². The first-order valence-corrected chi connectivity index (χ1v) is 7.88. The minimum Gasteiger partial charge on any atom is -0.352 e. The Labute approximate surface area is 137 Å². The molecule has 4 nitrogen and oxygen atoms in total. The molecule has 2 aromatic carbocycles. The number of halogens is 1. The van der Waals surface area contributed by atoms with Gasteiger partial charge in [0.15, 0.2) is 0 Å². The molecule has 1 N–H and O–H groups in total. The predicted molar refractivity (Wildman–Crippen MR) is 90.9 cm³/mol. The molecule has 5 heteroatoms. The molecule has 1 aromatic heterocycles. The fourth-order valence-electron chi connectivity index (χ4n) is 2.41. The van der Waals surface area contributed by atoms with Gasteiger partial charge in [0.25, 0.3) is 5.91 Å². The van der Waals surface area contributed by atoms with Gasteiger partial charge in [0, 0.05) is 30.0 Å². The van der Waals surface area contributed by atoms with E-state index in [9.17, 15) is 4.79 Å². The molecule has 3 rings (SSSR count). The number of hydrogen-bond donors (Lipinski definition) is 1. The van der Waals surface area contributed by atoms with Crippen molar-refractivity contribution in [3.05, 3.63) is 64.4 Å². The van der Waals surface area contributed by atoms with E-state index in [-0.39, 0.29) is 5.91 Å². The SMILES string of the molecule is Cn1c(CCNC(=O)c2ccc(Br)cc2)nc2ccccc21. The number of hydrogen-bond acceptors (Lipinski definition) is 2. The van der Waals surface area contributed by atoms with Crippen LogP contribution in [0.3, 0.4) is 0 Å². The second-order valence-corrected chi connectivity index (χ2v) is 6.00. The Balaban J connectivity index is 1.63. The highest BCUT2D eigenvalue weighted by molar-refractivity contribution is 9.10. The van der Waals surface area contributed by atoms with Gasteiger partial charge >= 0.3 is 0 Å². The maximum atomic E-state index is 12.0. The van der Waals surface area contributed by atoms with Crippen molar-refractivity contribution in [3.63, 3.8) is 0 Å². The van der Waals surface area contributed by atoms with Gasteiger partial charge in [0.1, 0.15) is 5.82 Å². The van der Waals surface area contributed by atoms with Crippen LogP contribution in [0, 0.1) is 0 Å². The summed E-state index contributed by atoms with van der Waals surface area (Å²) < 4.78 is 3.03. The van der Waals surface area contributed by atoms with Crippen molar-refractivity contribution in [2.24, 2.45) is 7.05 Å². The Morgan fingerprint density at radius 3 is 2.64 bits per heavy atom. The lowest BCUT2D eigenvalue weighted by atomic mass is 10.2. The molecular formula is C17H16BrN3O. The van der Waals surface area contributed by atoms with Crippen LogP contribution in [0.25, 0.3) is 11.0 Å². The number of aromatic nitrogens is 2. The minimum absolute atomic E-state index is 0.0636. The van der Waals surface area contributed by atoms with E-state index in [1.54, 1.807) is 12.1 Å². The van der Waals surface area contributed by atoms with Crippen LogP contribution in [0.2, 0.25) is 0 Å². The average molecular weight is 358 g/mol. The third-order valence-corrected chi connectivity index (χ3v) is 4.15. The summed E-state index contributed by atoms with van der Waals surface area (Å²) in [4.78, 5) is 16.6. The van der Waals surface area contributed by atoms with Crippen molar-refractivity contribution in [3.8, 4) is 0 Å². The molecular weight excluding hydrogens is 342 g/mol. The number of amides is 1. The summed E-state index contributed by atoms with van der Waals surface area (Å²) >= 11 is 3.36. The number of fused-ring (bicyclic) bond motifs is 1. The summed E-state index contributed by atoms with van der Waals surface area (Å²) in [6.07, 6.45) is 0.702. The third kappa shape index (κ3) is 3.04. The highest BCUT2D eigenvalue weighted by atomic mass is 79.9. The average Bonchev–Trinajstić information content (AvgIpc) is 2.85. The molecule has 0 aliphatic carbocycles. The number of carbonyl (C=O) groups excluding carboxylic acids is 1. The molecule has 1 amide bonds. The van der Waals surface area contributed by atoms with Gasteiger partial charge in [0.2, 0.25) is 0 Å².